The van der Waals surface area contributed by atoms with E-state index in [0.717, 1.165) is 36.3 Å². The van der Waals surface area contributed by atoms with Crippen molar-refractivity contribution in [2.24, 2.45) is 0 Å². The first kappa shape index (κ1) is 13.1. The fourth-order valence-electron chi connectivity index (χ4n) is 2.88. The summed E-state index contributed by atoms with van der Waals surface area (Å²) in [4.78, 5) is 8.57. The van der Waals surface area contributed by atoms with Crippen LogP contribution in [0.3, 0.4) is 0 Å². The maximum absolute atomic E-state index is 13.8. The number of nitrogens with one attached hydrogen (secondary N) is 1. The number of rotatable bonds is 3. The van der Waals surface area contributed by atoms with Crippen LogP contribution in [0, 0.1) is 11.6 Å². The SMILES string of the molecule is Fc1cccc(F)c1CNc1c2c(nc3ncnn13)CCC2. The smallest absolute Gasteiger partial charge is 0.254 e. The largest absolute Gasteiger partial charge is 0.365 e. The van der Waals surface area contributed by atoms with Gasteiger partial charge >= 0.3 is 0 Å². The van der Waals surface area contributed by atoms with Crippen molar-refractivity contribution in [1.82, 2.24) is 19.6 Å². The average Bonchev–Trinajstić information content (AvgIpc) is 3.14. The van der Waals surface area contributed by atoms with E-state index in [0.29, 0.717) is 5.78 Å². The van der Waals surface area contributed by atoms with E-state index in [1.807, 2.05) is 0 Å². The van der Waals surface area contributed by atoms with E-state index in [1.54, 1.807) is 4.52 Å². The zero-order valence-corrected chi connectivity index (χ0v) is 11.7. The van der Waals surface area contributed by atoms with Gasteiger partial charge in [-0.1, -0.05) is 6.07 Å². The maximum Gasteiger partial charge on any atom is 0.254 e. The molecule has 1 aromatic carbocycles. The molecule has 1 aliphatic carbocycles. The maximum atomic E-state index is 13.8. The second-order valence-corrected chi connectivity index (χ2v) is 5.26. The number of aromatic nitrogens is 4. The summed E-state index contributed by atoms with van der Waals surface area (Å²) in [7, 11) is 0. The number of hydrogen-bond donors (Lipinski definition) is 1. The highest BCUT2D eigenvalue weighted by atomic mass is 19.1. The van der Waals surface area contributed by atoms with Gasteiger partial charge in [-0.25, -0.2) is 13.8 Å². The van der Waals surface area contributed by atoms with Crippen LogP contribution in [0.2, 0.25) is 0 Å². The number of fused-ring (bicyclic) bond motifs is 2. The van der Waals surface area contributed by atoms with Gasteiger partial charge in [0.15, 0.2) is 0 Å². The molecule has 7 heteroatoms. The Morgan fingerprint density at radius 1 is 1.18 bits per heavy atom. The van der Waals surface area contributed by atoms with Gasteiger partial charge in [-0.05, 0) is 31.4 Å². The highest BCUT2D eigenvalue weighted by Gasteiger charge is 2.21. The van der Waals surface area contributed by atoms with Gasteiger partial charge in [0.1, 0.15) is 23.8 Å². The Balaban J connectivity index is 1.74. The molecule has 0 fully saturated rings. The number of nitrogens with zero attached hydrogens (tertiary/aromatic N) is 4. The Bertz CT molecular complexity index is 838. The van der Waals surface area contributed by atoms with E-state index in [1.165, 1.54) is 24.5 Å². The molecule has 0 saturated carbocycles. The zero-order valence-electron chi connectivity index (χ0n) is 11.7. The highest BCUT2D eigenvalue weighted by molar-refractivity contribution is 5.54. The molecule has 112 valence electrons. The molecule has 0 amide bonds. The van der Waals surface area contributed by atoms with Crippen molar-refractivity contribution >= 4 is 11.6 Å². The Kier molecular flexibility index (Phi) is 2.99. The summed E-state index contributed by atoms with van der Waals surface area (Å²) < 4.78 is 29.1. The van der Waals surface area contributed by atoms with Crippen molar-refractivity contribution < 1.29 is 8.78 Å². The molecule has 3 aromatic rings. The number of halogens is 2. The molecule has 0 aliphatic heterocycles. The molecule has 0 spiro atoms. The minimum atomic E-state index is -0.562. The summed E-state index contributed by atoms with van der Waals surface area (Å²) in [5, 5.41) is 7.26. The normalized spacial score (nSPS) is 13.5. The molecular formula is C15H13F2N5. The number of hydrogen-bond acceptors (Lipinski definition) is 4. The second-order valence-electron chi connectivity index (χ2n) is 5.26. The lowest BCUT2D eigenvalue weighted by atomic mass is 10.2. The van der Waals surface area contributed by atoms with E-state index < -0.39 is 11.6 Å². The molecule has 2 aromatic heterocycles. The molecule has 1 N–H and O–H groups in total. The van der Waals surface area contributed by atoms with E-state index in [9.17, 15) is 8.78 Å². The van der Waals surface area contributed by atoms with Crippen LogP contribution < -0.4 is 5.32 Å². The first-order valence-electron chi connectivity index (χ1n) is 7.12. The molecule has 0 radical (unpaired) electrons. The average molecular weight is 301 g/mol. The fourth-order valence-corrected chi connectivity index (χ4v) is 2.88. The van der Waals surface area contributed by atoms with Crippen LogP contribution >= 0.6 is 0 Å². The number of aryl methyl sites for hydroxylation is 1. The van der Waals surface area contributed by atoms with Crippen molar-refractivity contribution in [2.45, 2.75) is 25.8 Å². The van der Waals surface area contributed by atoms with Crippen LogP contribution in [0.5, 0.6) is 0 Å². The topological polar surface area (TPSA) is 55.1 Å². The van der Waals surface area contributed by atoms with Gasteiger partial charge < -0.3 is 5.32 Å². The van der Waals surface area contributed by atoms with Gasteiger partial charge in [0.25, 0.3) is 5.78 Å². The predicted octanol–water partition coefficient (Wildman–Crippen LogP) is 2.50. The van der Waals surface area contributed by atoms with Gasteiger partial charge in [-0.3, -0.25) is 0 Å². The van der Waals surface area contributed by atoms with Crippen LogP contribution in [0.4, 0.5) is 14.6 Å². The van der Waals surface area contributed by atoms with Crippen molar-refractivity contribution in [3.63, 3.8) is 0 Å². The molecular weight excluding hydrogens is 288 g/mol. The molecule has 0 saturated heterocycles. The van der Waals surface area contributed by atoms with E-state index in [2.05, 4.69) is 20.4 Å². The molecule has 0 bridgehead atoms. The van der Waals surface area contributed by atoms with Gasteiger partial charge in [0.2, 0.25) is 0 Å². The third-order valence-corrected chi connectivity index (χ3v) is 3.95. The first-order chi connectivity index (χ1) is 10.7. The van der Waals surface area contributed by atoms with Crippen LogP contribution in [-0.2, 0) is 19.4 Å². The first-order valence-corrected chi connectivity index (χ1v) is 7.12. The van der Waals surface area contributed by atoms with Crippen LogP contribution in [0.25, 0.3) is 5.78 Å². The lowest BCUT2D eigenvalue weighted by Crippen LogP contribution is -2.12. The zero-order chi connectivity index (χ0) is 15.1. The lowest BCUT2D eigenvalue weighted by Gasteiger charge is -2.13. The summed E-state index contributed by atoms with van der Waals surface area (Å²) in [5.41, 5.74) is 2.05. The Labute approximate surface area is 125 Å². The lowest BCUT2D eigenvalue weighted by molar-refractivity contribution is 0.559. The summed E-state index contributed by atoms with van der Waals surface area (Å²) in [5.74, 6) is 0.0934. The van der Waals surface area contributed by atoms with E-state index in [-0.39, 0.29) is 12.1 Å². The van der Waals surface area contributed by atoms with Crippen molar-refractivity contribution in [2.75, 3.05) is 5.32 Å². The number of anilines is 1. The van der Waals surface area contributed by atoms with Crippen LogP contribution in [-0.4, -0.2) is 19.6 Å². The van der Waals surface area contributed by atoms with Crippen molar-refractivity contribution in [3.05, 3.63) is 53.0 Å². The minimum Gasteiger partial charge on any atom is -0.365 e. The quantitative estimate of drug-likeness (QED) is 0.807. The molecule has 0 unspecified atom stereocenters. The second kappa shape index (κ2) is 5.01. The van der Waals surface area contributed by atoms with Crippen molar-refractivity contribution in [3.8, 4) is 0 Å². The Hall–Kier alpha value is -2.57. The summed E-state index contributed by atoms with van der Waals surface area (Å²) in [6.45, 7) is 0.0456. The molecule has 1 aliphatic rings. The summed E-state index contributed by atoms with van der Waals surface area (Å²) in [6.07, 6.45) is 4.20. The molecule has 4 rings (SSSR count). The van der Waals surface area contributed by atoms with Crippen molar-refractivity contribution in [1.29, 1.82) is 0 Å². The number of benzene rings is 1. The summed E-state index contributed by atoms with van der Waals surface area (Å²) >= 11 is 0. The third-order valence-electron chi connectivity index (χ3n) is 3.95. The van der Waals surface area contributed by atoms with Crippen LogP contribution in [0.15, 0.2) is 24.5 Å². The molecule has 22 heavy (non-hydrogen) atoms. The fraction of sp³-hybridized carbons (Fsp3) is 0.267. The summed E-state index contributed by atoms with van der Waals surface area (Å²) in [6, 6.07) is 3.86. The third kappa shape index (κ3) is 2.01. The Morgan fingerprint density at radius 2 is 2.00 bits per heavy atom. The van der Waals surface area contributed by atoms with Gasteiger partial charge in [0.05, 0.1) is 5.69 Å². The van der Waals surface area contributed by atoms with Crippen LogP contribution in [0.1, 0.15) is 23.2 Å². The monoisotopic (exact) mass is 301 g/mol. The molecule has 2 heterocycles. The Morgan fingerprint density at radius 3 is 2.82 bits per heavy atom. The highest BCUT2D eigenvalue weighted by Crippen LogP contribution is 2.28. The predicted molar refractivity (Wildman–Crippen MR) is 76.5 cm³/mol. The minimum absolute atomic E-state index is 0.0133. The van der Waals surface area contributed by atoms with Gasteiger partial charge in [0, 0.05) is 17.7 Å². The van der Waals surface area contributed by atoms with E-state index >= 15 is 0 Å². The van der Waals surface area contributed by atoms with Gasteiger partial charge in [-0.2, -0.15) is 14.6 Å². The standard InChI is InChI=1S/C15H13F2N5/c16-11-4-2-5-12(17)10(11)7-18-14-9-3-1-6-13(9)21-15-19-8-20-22(14)15/h2,4-5,8,18H,1,3,6-7H2. The molecule has 5 nitrogen and oxygen atoms in total. The van der Waals surface area contributed by atoms with Gasteiger partial charge in [-0.15, -0.1) is 0 Å². The van der Waals surface area contributed by atoms with E-state index in [4.69, 9.17) is 0 Å². The molecule has 0 atom stereocenters.